The van der Waals surface area contributed by atoms with Crippen LogP contribution in [-0.2, 0) is 4.79 Å². The molecule has 0 fully saturated rings. The summed E-state index contributed by atoms with van der Waals surface area (Å²) in [6.45, 7) is 5.22. The van der Waals surface area contributed by atoms with Gasteiger partial charge in [-0.25, -0.2) is 0 Å². The van der Waals surface area contributed by atoms with Crippen molar-refractivity contribution in [3.63, 3.8) is 0 Å². The Labute approximate surface area is 75.7 Å². The van der Waals surface area contributed by atoms with Crippen molar-refractivity contribution < 1.29 is 4.79 Å². The van der Waals surface area contributed by atoms with E-state index in [0.717, 1.165) is 12.8 Å². The molecule has 0 aromatic carbocycles. The van der Waals surface area contributed by atoms with Crippen molar-refractivity contribution in [2.45, 2.75) is 52.0 Å². The Morgan fingerprint density at radius 2 is 2.17 bits per heavy atom. The third kappa shape index (κ3) is 7.73. The summed E-state index contributed by atoms with van der Waals surface area (Å²) in [5.41, 5.74) is 0. The summed E-state index contributed by atoms with van der Waals surface area (Å²) in [4.78, 5) is 10.0. The van der Waals surface area contributed by atoms with E-state index in [9.17, 15) is 4.79 Å². The Balaban J connectivity index is 3.09. The van der Waals surface area contributed by atoms with Crippen LogP contribution in [0.3, 0.4) is 0 Å². The molecule has 1 unspecified atom stereocenters. The molecule has 0 saturated carbocycles. The lowest BCUT2D eigenvalue weighted by Gasteiger charge is -2.11. The van der Waals surface area contributed by atoms with E-state index in [-0.39, 0.29) is 0 Å². The van der Waals surface area contributed by atoms with Gasteiger partial charge in [-0.15, -0.1) is 0 Å². The molecular formula is C10H21NO. The first kappa shape index (κ1) is 11.6. The number of hydrogen-bond donors (Lipinski definition) is 1. The average Bonchev–Trinajstić information content (AvgIpc) is 2.06. The van der Waals surface area contributed by atoms with Crippen LogP contribution in [0.1, 0.15) is 46.0 Å². The van der Waals surface area contributed by atoms with Crippen LogP contribution in [0.5, 0.6) is 0 Å². The highest BCUT2D eigenvalue weighted by Crippen LogP contribution is 2.02. The van der Waals surface area contributed by atoms with Crippen molar-refractivity contribution in [3.05, 3.63) is 0 Å². The fraction of sp³-hybridized carbons (Fsp3) is 0.900. The van der Waals surface area contributed by atoms with Gasteiger partial charge in [-0.2, -0.15) is 0 Å². The molecule has 2 nitrogen and oxygen atoms in total. The van der Waals surface area contributed by atoms with Crippen LogP contribution in [0.4, 0.5) is 0 Å². The molecule has 0 aliphatic carbocycles. The second-order valence-electron chi connectivity index (χ2n) is 3.31. The topological polar surface area (TPSA) is 29.1 Å². The van der Waals surface area contributed by atoms with Gasteiger partial charge >= 0.3 is 0 Å². The third-order valence-electron chi connectivity index (χ3n) is 2.00. The van der Waals surface area contributed by atoms with Crippen LogP contribution >= 0.6 is 0 Å². The molecule has 12 heavy (non-hydrogen) atoms. The van der Waals surface area contributed by atoms with E-state index in [1.807, 2.05) is 0 Å². The number of nitrogens with one attached hydrogen (secondary N) is 1. The molecule has 0 aliphatic heterocycles. The number of carbonyl (C=O) groups excluding carboxylic acids is 1. The van der Waals surface area contributed by atoms with Crippen molar-refractivity contribution in [1.82, 2.24) is 5.32 Å². The molecule has 0 bridgehead atoms. The smallest absolute Gasteiger partial charge is 0.121 e. The Hall–Kier alpha value is -0.370. The standard InChI is InChI=1S/C10H21NO/c1-3-4-5-7-10(2)11-8-6-9-12/h9-11H,3-8H2,1-2H3. The van der Waals surface area contributed by atoms with Gasteiger partial charge in [0.1, 0.15) is 6.29 Å². The van der Waals surface area contributed by atoms with Crippen molar-refractivity contribution in [1.29, 1.82) is 0 Å². The van der Waals surface area contributed by atoms with Crippen LogP contribution in [0, 0.1) is 0 Å². The molecule has 0 aliphatic rings. The number of carbonyl (C=O) groups is 1. The Morgan fingerprint density at radius 1 is 1.42 bits per heavy atom. The molecule has 0 spiro atoms. The maximum atomic E-state index is 10.0. The van der Waals surface area contributed by atoms with Gasteiger partial charge in [-0.1, -0.05) is 26.2 Å². The predicted molar refractivity (Wildman–Crippen MR) is 52.3 cm³/mol. The summed E-state index contributed by atoms with van der Waals surface area (Å²) >= 11 is 0. The van der Waals surface area contributed by atoms with E-state index in [4.69, 9.17) is 0 Å². The SMILES string of the molecule is CCCCCC(C)NCCC=O. The quantitative estimate of drug-likeness (QED) is 0.448. The minimum Gasteiger partial charge on any atom is -0.314 e. The maximum absolute atomic E-state index is 10.0. The van der Waals surface area contributed by atoms with Gasteiger partial charge in [0.15, 0.2) is 0 Å². The molecule has 1 N–H and O–H groups in total. The van der Waals surface area contributed by atoms with Gasteiger partial charge in [0, 0.05) is 19.0 Å². The summed E-state index contributed by atoms with van der Waals surface area (Å²) in [7, 11) is 0. The zero-order chi connectivity index (χ0) is 9.23. The lowest BCUT2D eigenvalue weighted by atomic mass is 10.1. The molecule has 0 saturated heterocycles. The highest BCUT2D eigenvalue weighted by atomic mass is 16.1. The summed E-state index contributed by atoms with van der Waals surface area (Å²) in [5.74, 6) is 0. The molecule has 0 rings (SSSR count). The second-order valence-corrected chi connectivity index (χ2v) is 3.31. The fourth-order valence-corrected chi connectivity index (χ4v) is 1.19. The number of rotatable bonds is 8. The van der Waals surface area contributed by atoms with E-state index in [2.05, 4.69) is 19.2 Å². The predicted octanol–water partition coefficient (Wildman–Crippen LogP) is 2.13. The van der Waals surface area contributed by atoms with Gasteiger partial charge in [-0.05, 0) is 13.3 Å². The van der Waals surface area contributed by atoms with E-state index < -0.39 is 0 Å². The molecule has 0 radical (unpaired) electrons. The zero-order valence-corrected chi connectivity index (χ0v) is 8.31. The van der Waals surface area contributed by atoms with Crippen molar-refractivity contribution in [3.8, 4) is 0 Å². The van der Waals surface area contributed by atoms with Gasteiger partial charge in [-0.3, -0.25) is 0 Å². The number of unbranched alkanes of at least 4 members (excludes halogenated alkanes) is 2. The van der Waals surface area contributed by atoms with Crippen molar-refractivity contribution >= 4 is 6.29 Å². The molecule has 0 heterocycles. The largest absolute Gasteiger partial charge is 0.314 e. The van der Waals surface area contributed by atoms with Gasteiger partial charge in [0.25, 0.3) is 0 Å². The molecule has 72 valence electrons. The second kappa shape index (κ2) is 8.72. The Morgan fingerprint density at radius 3 is 2.75 bits per heavy atom. The van der Waals surface area contributed by atoms with Gasteiger partial charge in [0.05, 0.1) is 0 Å². The lowest BCUT2D eigenvalue weighted by molar-refractivity contribution is -0.107. The lowest BCUT2D eigenvalue weighted by Crippen LogP contribution is -2.26. The molecule has 0 amide bonds. The first-order chi connectivity index (χ1) is 5.81. The number of aldehydes is 1. The maximum Gasteiger partial charge on any atom is 0.121 e. The van der Waals surface area contributed by atoms with Crippen molar-refractivity contribution in [2.75, 3.05) is 6.54 Å². The minimum atomic E-state index is 0.566. The fourth-order valence-electron chi connectivity index (χ4n) is 1.19. The van der Waals surface area contributed by atoms with E-state index in [0.29, 0.717) is 12.5 Å². The van der Waals surface area contributed by atoms with Crippen molar-refractivity contribution in [2.24, 2.45) is 0 Å². The molecule has 0 aromatic rings. The summed E-state index contributed by atoms with van der Waals surface area (Å²) in [6, 6.07) is 0.566. The van der Waals surface area contributed by atoms with E-state index in [1.165, 1.54) is 25.7 Å². The summed E-state index contributed by atoms with van der Waals surface area (Å²) in [5, 5.41) is 3.31. The van der Waals surface area contributed by atoms with Gasteiger partial charge in [0.2, 0.25) is 0 Å². The normalized spacial score (nSPS) is 12.8. The van der Waals surface area contributed by atoms with Crippen LogP contribution < -0.4 is 5.32 Å². The number of hydrogen-bond acceptors (Lipinski definition) is 2. The molecular weight excluding hydrogens is 150 g/mol. The molecule has 2 heteroatoms. The summed E-state index contributed by atoms with van der Waals surface area (Å²) in [6.07, 6.45) is 6.73. The average molecular weight is 171 g/mol. The van der Waals surface area contributed by atoms with E-state index >= 15 is 0 Å². The Bertz CT molecular complexity index is 104. The highest BCUT2D eigenvalue weighted by Gasteiger charge is 1.98. The van der Waals surface area contributed by atoms with Crippen LogP contribution in [0.15, 0.2) is 0 Å². The van der Waals surface area contributed by atoms with Gasteiger partial charge < -0.3 is 10.1 Å². The molecule has 1 atom stereocenters. The zero-order valence-electron chi connectivity index (χ0n) is 8.31. The van der Waals surface area contributed by atoms with Crippen LogP contribution in [-0.4, -0.2) is 18.9 Å². The van der Waals surface area contributed by atoms with E-state index in [1.54, 1.807) is 0 Å². The van der Waals surface area contributed by atoms with Crippen LogP contribution in [0.2, 0.25) is 0 Å². The minimum absolute atomic E-state index is 0.566. The molecule has 0 aromatic heterocycles. The summed E-state index contributed by atoms with van der Waals surface area (Å²) < 4.78 is 0. The highest BCUT2D eigenvalue weighted by molar-refractivity contribution is 5.49. The first-order valence-corrected chi connectivity index (χ1v) is 4.98. The third-order valence-corrected chi connectivity index (χ3v) is 2.00. The first-order valence-electron chi connectivity index (χ1n) is 4.98. The van der Waals surface area contributed by atoms with Crippen LogP contribution in [0.25, 0.3) is 0 Å². The monoisotopic (exact) mass is 171 g/mol. The Kier molecular flexibility index (Phi) is 8.46.